The lowest BCUT2D eigenvalue weighted by molar-refractivity contribution is -0.131. The van der Waals surface area contributed by atoms with Crippen molar-refractivity contribution in [3.63, 3.8) is 0 Å². The third-order valence-corrected chi connectivity index (χ3v) is 3.37. The maximum Gasteiger partial charge on any atom is 0.328 e. The van der Waals surface area contributed by atoms with Crippen LogP contribution in [0.5, 0.6) is 5.75 Å². The number of hydrogen-bond donors (Lipinski definition) is 2. The van der Waals surface area contributed by atoms with Gasteiger partial charge in [0.25, 0.3) is 0 Å². The summed E-state index contributed by atoms with van der Waals surface area (Å²) in [5.41, 5.74) is 0.796. The smallest absolute Gasteiger partial charge is 0.328 e. The highest BCUT2D eigenvalue weighted by molar-refractivity contribution is 5.85. The number of carbonyl (C=O) groups is 1. The van der Waals surface area contributed by atoms with Gasteiger partial charge in [-0.15, -0.1) is 0 Å². The van der Waals surface area contributed by atoms with Gasteiger partial charge in [-0.05, 0) is 36.6 Å². The number of ether oxygens (including phenoxy) is 1. The molecule has 1 aliphatic carbocycles. The summed E-state index contributed by atoms with van der Waals surface area (Å²) >= 11 is 0. The van der Waals surface area contributed by atoms with Crippen molar-refractivity contribution in [3.8, 4) is 5.75 Å². The fraction of sp³-hybridized carbons (Fsp3) is 0.438. The van der Waals surface area contributed by atoms with Crippen LogP contribution in [0.2, 0.25) is 0 Å². The lowest BCUT2D eigenvalue weighted by Gasteiger charge is -2.20. The molecule has 0 atom stereocenters. The molecule has 0 saturated heterocycles. The lowest BCUT2D eigenvalue weighted by Crippen LogP contribution is -2.33. The molecule has 0 bridgehead atoms. The molecule has 0 heterocycles. The van der Waals surface area contributed by atoms with Crippen LogP contribution >= 0.6 is 0 Å². The van der Waals surface area contributed by atoms with Gasteiger partial charge < -0.3 is 14.9 Å². The molecule has 0 radical (unpaired) electrons. The van der Waals surface area contributed by atoms with Crippen molar-refractivity contribution in [2.24, 2.45) is 0 Å². The molecule has 1 aromatic carbocycles. The number of benzene rings is 1. The van der Waals surface area contributed by atoms with E-state index < -0.39 is 5.97 Å². The van der Waals surface area contributed by atoms with Gasteiger partial charge in [0.15, 0.2) is 0 Å². The first-order valence-electron chi connectivity index (χ1n) is 7.18. The molecule has 21 heavy (non-hydrogen) atoms. The third kappa shape index (κ3) is 5.57. The maximum atomic E-state index is 10.5. The molecule has 0 spiro atoms. The average molecular weight is 291 g/mol. The number of carboxylic acids is 1. The van der Waals surface area contributed by atoms with Crippen molar-refractivity contribution in [2.45, 2.75) is 18.9 Å². The fourth-order valence-corrected chi connectivity index (χ4v) is 2.20. The first-order valence-corrected chi connectivity index (χ1v) is 7.18. The first kappa shape index (κ1) is 15.5. The topological polar surface area (TPSA) is 70.0 Å². The quantitative estimate of drug-likeness (QED) is 0.677. The van der Waals surface area contributed by atoms with Crippen LogP contribution < -0.4 is 4.74 Å². The molecule has 2 rings (SSSR count). The van der Waals surface area contributed by atoms with Crippen molar-refractivity contribution in [2.75, 3.05) is 26.3 Å². The van der Waals surface area contributed by atoms with Crippen molar-refractivity contribution in [3.05, 3.63) is 35.9 Å². The van der Waals surface area contributed by atoms with Gasteiger partial charge >= 0.3 is 5.97 Å². The van der Waals surface area contributed by atoms with E-state index in [-0.39, 0.29) is 6.61 Å². The molecule has 114 valence electrons. The largest absolute Gasteiger partial charge is 0.492 e. The Morgan fingerprint density at radius 1 is 1.38 bits per heavy atom. The minimum atomic E-state index is -0.967. The van der Waals surface area contributed by atoms with E-state index in [2.05, 4.69) is 4.90 Å². The van der Waals surface area contributed by atoms with E-state index in [0.29, 0.717) is 19.2 Å². The predicted octanol–water partition coefficient (Wildman–Crippen LogP) is 1.62. The predicted molar refractivity (Wildman–Crippen MR) is 80.3 cm³/mol. The van der Waals surface area contributed by atoms with Gasteiger partial charge in [-0.1, -0.05) is 12.1 Å². The molecule has 0 unspecified atom stereocenters. The molecule has 1 aliphatic rings. The van der Waals surface area contributed by atoms with Gasteiger partial charge in [0, 0.05) is 25.2 Å². The summed E-state index contributed by atoms with van der Waals surface area (Å²) in [6.07, 6.45) is 5.05. The summed E-state index contributed by atoms with van der Waals surface area (Å²) in [6, 6.07) is 7.93. The van der Waals surface area contributed by atoms with Gasteiger partial charge in [0.05, 0.1) is 6.61 Å². The Morgan fingerprint density at radius 2 is 2.19 bits per heavy atom. The summed E-state index contributed by atoms with van der Waals surface area (Å²) in [5.74, 6) is -0.243. The van der Waals surface area contributed by atoms with Crippen LogP contribution in [0, 0.1) is 0 Å². The van der Waals surface area contributed by atoms with Crippen molar-refractivity contribution < 1.29 is 19.7 Å². The van der Waals surface area contributed by atoms with Gasteiger partial charge in [-0.25, -0.2) is 4.79 Å². The zero-order valence-electron chi connectivity index (χ0n) is 11.9. The summed E-state index contributed by atoms with van der Waals surface area (Å²) in [7, 11) is 0. The second-order valence-electron chi connectivity index (χ2n) is 5.08. The van der Waals surface area contributed by atoms with E-state index in [1.807, 2.05) is 24.3 Å². The zero-order chi connectivity index (χ0) is 15.1. The summed E-state index contributed by atoms with van der Waals surface area (Å²) in [5, 5.41) is 17.6. The van der Waals surface area contributed by atoms with Crippen LogP contribution in [-0.4, -0.2) is 53.4 Å². The molecule has 1 saturated carbocycles. The normalized spacial score (nSPS) is 14.8. The lowest BCUT2D eigenvalue weighted by atomic mass is 10.2. The number of carboxylic acid groups (broad SMARTS) is 1. The Bertz CT molecular complexity index is 497. The monoisotopic (exact) mass is 291 g/mol. The number of rotatable bonds is 9. The Balaban J connectivity index is 1.82. The number of aliphatic hydroxyl groups is 1. The summed E-state index contributed by atoms with van der Waals surface area (Å²) < 4.78 is 5.70. The molecule has 0 aromatic heterocycles. The van der Waals surface area contributed by atoms with Gasteiger partial charge in [-0.3, -0.25) is 4.90 Å². The van der Waals surface area contributed by atoms with Crippen molar-refractivity contribution in [1.29, 1.82) is 0 Å². The van der Waals surface area contributed by atoms with Crippen molar-refractivity contribution in [1.82, 2.24) is 4.90 Å². The van der Waals surface area contributed by atoms with E-state index in [9.17, 15) is 4.79 Å². The molecule has 0 aliphatic heterocycles. The maximum absolute atomic E-state index is 10.5. The molecule has 1 fully saturated rings. The molecular formula is C16H21NO4. The molecule has 2 N–H and O–H groups in total. The zero-order valence-corrected chi connectivity index (χ0v) is 11.9. The van der Waals surface area contributed by atoms with E-state index >= 15 is 0 Å². The Kier molecular flexibility index (Phi) is 5.78. The van der Waals surface area contributed by atoms with Crippen LogP contribution in [0.4, 0.5) is 0 Å². The summed E-state index contributed by atoms with van der Waals surface area (Å²) in [6.45, 7) is 2.21. The van der Waals surface area contributed by atoms with Gasteiger partial charge in [-0.2, -0.15) is 0 Å². The minimum absolute atomic E-state index is 0.173. The SMILES string of the molecule is O=C(O)C=Cc1cccc(OCCN(CCO)C2CC2)c1. The van der Waals surface area contributed by atoms with Gasteiger partial charge in [0.2, 0.25) is 0 Å². The minimum Gasteiger partial charge on any atom is -0.492 e. The van der Waals surface area contributed by atoms with Crippen LogP contribution in [0.15, 0.2) is 30.3 Å². The standard InChI is InChI=1S/C16H21NO4/c18-10-8-17(14-5-6-14)9-11-21-15-3-1-2-13(12-15)4-7-16(19)20/h1-4,7,12,14,18H,5-6,8-11H2,(H,19,20). The second kappa shape index (κ2) is 7.81. The molecular weight excluding hydrogens is 270 g/mol. The Hall–Kier alpha value is -1.85. The van der Waals surface area contributed by atoms with Crippen LogP contribution in [0.1, 0.15) is 18.4 Å². The number of hydrogen-bond acceptors (Lipinski definition) is 4. The van der Waals surface area contributed by atoms with E-state index in [1.54, 1.807) is 0 Å². The first-order chi connectivity index (χ1) is 10.2. The van der Waals surface area contributed by atoms with E-state index in [1.165, 1.54) is 18.9 Å². The van der Waals surface area contributed by atoms with Gasteiger partial charge in [0.1, 0.15) is 12.4 Å². The third-order valence-electron chi connectivity index (χ3n) is 3.37. The van der Waals surface area contributed by atoms with Crippen LogP contribution in [0.3, 0.4) is 0 Å². The number of nitrogens with zero attached hydrogens (tertiary/aromatic N) is 1. The Morgan fingerprint density at radius 3 is 2.86 bits per heavy atom. The highest BCUT2D eigenvalue weighted by atomic mass is 16.5. The fourth-order valence-electron chi connectivity index (χ4n) is 2.20. The number of aliphatic carboxylic acids is 1. The van der Waals surface area contributed by atoms with Crippen LogP contribution in [0.25, 0.3) is 6.08 Å². The highest BCUT2D eigenvalue weighted by Crippen LogP contribution is 2.26. The molecule has 5 heteroatoms. The van der Waals surface area contributed by atoms with E-state index in [0.717, 1.165) is 23.9 Å². The average Bonchev–Trinajstić information content (AvgIpc) is 3.29. The summed E-state index contributed by atoms with van der Waals surface area (Å²) in [4.78, 5) is 12.7. The van der Waals surface area contributed by atoms with Crippen LogP contribution in [-0.2, 0) is 4.79 Å². The molecule has 5 nitrogen and oxygen atoms in total. The van der Waals surface area contributed by atoms with E-state index in [4.69, 9.17) is 14.9 Å². The highest BCUT2D eigenvalue weighted by Gasteiger charge is 2.28. The number of aliphatic hydroxyl groups excluding tert-OH is 1. The second-order valence-corrected chi connectivity index (χ2v) is 5.08. The van der Waals surface area contributed by atoms with Crippen molar-refractivity contribution >= 4 is 12.0 Å². The molecule has 1 aromatic rings. The Labute approximate surface area is 124 Å². The molecule has 0 amide bonds.